The number of fused-ring (bicyclic) bond motifs is 1. The van der Waals surface area contributed by atoms with E-state index in [1.807, 2.05) is 0 Å². The fourth-order valence-electron chi connectivity index (χ4n) is 6.19. The molecule has 3 aromatic rings. The Balaban J connectivity index is 1.13. The third-order valence-electron chi connectivity index (χ3n) is 9.27. The SMILES string of the molecule is O=C(C[C@H]1CC1(F)F)NC(c1ccn2cc(C(NC(=O)c3ncnn3CC3CC3)C3CCC(F)(F)CC3)nc2n1)C1CC1. The fraction of sp³-hybridized carbons (Fsp3) is 0.655. The first-order valence-corrected chi connectivity index (χ1v) is 15.1. The lowest BCUT2D eigenvalue weighted by molar-refractivity contribution is -0.123. The summed E-state index contributed by atoms with van der Waals surface area (Å²) in [7, 11) is 0. The number of hydrogen-bond acceptors (Lipinski definition) is 6. The van der Waals surface area contributed by atoms with Crippen LogP contribution in [0, 0.1) is 23.7 Å². The highest BCUT2D eigenvalue weighted by Crippen LogP contribution is 2.51. The molecule has 10 nitrogen and oxygen atoms in total. The number of hydrogen-bond donors (Lipinski definition) is 2. The van der Waals surface area contributed by atoms with E-state index < -0.39 is 41.7 Å². The molecule has 0 spiro atoms. The van der Waals surface area contributed by atoms with Gasteiger partial charge in [0.25, 0.3) is 11.8 Å². The molecule has 0 radical (unpaired) electrons. The third kappa shape index (κ3) is 6.23. The highest BCUT2D eigenvalue weighted by atomic mass is 19.3. The maximum Gasteiger partial charge on any atom is 0.289 e. The smallest absolute Gasteiger partial charge is 0.289 e. The number of aromatic nitrogens is 6. The summed E-state index contributed by atoms with van der Waals surface area (Å²) in [4.78, 5) is 39.6. The van der Waals surface area contributed by atoms with Gasteiger partial charge in [0.1, 0.15) is 6.33 Å². The summed E-state index contributed by atoms with van der Waals surface area (Å²) in [6, 6.07) is 0.695. The molecule has 4 fully saturated rings. The third-order valence-corrected chi connectivity index (χ3v) is 9.27. The van der Waals surface area contributed by atoms with Crippen LogP contribution in [0.25, 0.3) is 5.78 Å². The predicted molar refractivity (Wildman–Crippen MR) is 144 cm³/mol. The lowest BCUT2D eigenvalue weighted by Gasteiger charge is -2.33. The van der Waals surface area contributed by atoms with Crippen molar-refractivity contribution in [3.63, 3.8) is 0 Å². The minimum absolute atomic E-state index is 0.164. The van der Waals surface area contributed by atoms with E-state index in [0.717, 1.165) is 25.7 Å². The molecule has 14 heteroatoms. The van der Waals surface area contributed by atoms with E-state index in [1.165, 1.54) is 6.33 Å². The molecule has 0 aliphatic heterocycles. The molecule has 0 aromatic carbocycles. The Kier molecular flexibility index (Phi) is 6.92. The number of rotatable bonds is 11. The number of imidazole rings is 1. The van der Waals surface area contributed by atoms with E-state index in [9.17, 15) is 27.2 Å². The normalized spacial score (nSPS) is 24.4. The van der Waals surface area contributed by atoms with Gasteiger partial charge in [0.15, 0.2) is 0 Å². The van der Waals surface area contributed by atoms with E-state index in [2.05, 4.69) is 20.7 Å². The minimum Gasteiger partial charge on any atom is -0.347 e. The van der Waals surface area contributed by atoms with Crippen molar-refractivity contribution in [1.29, 1.82) is 0 Å². The summed E-state index contributed by atoms with van der Waals surface area (Å²) in [5.41, 5.74) is 1.07. The highest BCUT2D eigenvalue weighted by molar-refractivity contribution is 5.90. The van der Waals surface area contributed by atoms with Gasteiger partial charge in [0.05, 0.1) is 23.5 Å². The van der Waals surface area contributed by atoms with Crippen LogP contribution in [0.15, 0.2) is 24.8 Å². The standard InChI is InChI=1S/C29H34F4N8O2/c30-28(31)8-5-18(6-9-28)24(39-26(43)25-34-15-35-41(25)13-16-1-2-16)21-14-40-10-7-20(36-27(40)37-21)23(17-3-4-17)38-22(42)11-19-12-29(19,32)33/h7,10,14-19,23-24H,1-6,8-9,11-13H2,(H,38,42)(H,39,43)/t19-,23?,24?/m0/s1. The summed E-state index contributed by atoms with van der Waals surface area (Å²) in [5.74, 6) is -6.39. The maximum absolute atomic E-state index is 14.1. The average molecular weight is 603 g/mol. The molecule has 3 heterocycles. The number of nitrogens with one attached hydrogen (secondary N) is 2. The Morgan fingerprint density at radius 2 is 1.63 bits per heavy atom. The molecule has 2 amide bonds. The van der Waals surface area contributed by atoms with Gasteiger partial charge in [-0.3, -0.25) is 14.0 Å². The van der Waals surface area contributed by atoms with Gasteiger partial charge in [0.2, 0.25) is 23.4 Å². The summed E-state index contributed by atoms with van der Waals surface area (Å²) in [6.45, 7) is 0.603. The molecular weight excluding hydrogens is 568 g/mol. The monoisotopic (exact) mass is 602 g/mol. The highest BCUT2D eigenvalue weighted by Gasteiger charge is 2.57. The zero-order valence-electron chi connectivity index (χ0n) is 23.6. The molecular formula is C29H34F4N8O2. The second-order valence-electron chi connectivity index (χ2n) is 12.8. The first kappa shape index (κ1) is 28.2. The molecule has 0 bridgehead atoms. The minimum atomic E-state index is -2.76. The number of alkyl halides is 4. The fourth-order valence-corrected chi connectivity index (χ4v) is 6.19. The van der Waals surface area contributed by atoms with E-state index >= 15 is 0 Å². The lowest BCUT2D eigenvalue weighted by Crippen LogP contribution is -2.38. The Bertz CT molecular complexity index is 1520. The molecule has 2 N–H and O–H groups in total. The van der Waals surface area contributed by atoms with Crippen molar-refractivity contribution in [2.75, 3.05) is 0 Å². The first-order chi connectivity index (χ1) is 20.5. The van der Waals surface area contributed by atoms with Crippen LogP contribution in [0.2, 0.25) is 0 Å². The first-order valence-electron chi connectivity index (χ1n) is 15.1. The van der Waals surface area contributed by atoms with Crippen molar-refractivity contribution in [3.05, 3.63) is 42.0 Å². The molecule has 4 saturated carbocycles. The van der Waals surface area contributed by atoms with Gasteiger partial charge in [0, 0.05) is 50.5 Å². The lowest BCUT2D eigenvalue weighted by atomic mass is 9.81. The van der Waals surface area contributed by atoms with Crippen molar-refractivity contribution < 1.29 is 27.2 Å². The topological polar surface area (TPSA) is 119 Å². The molecule has 4 aliphatic rings. The van der Waals surface area contributed by atoms with Gasteiger partial charge in [-0.15, -0.1) is 0 Å². The van der Waals surface area contributed by atoms with E-state index in [4.69, 9.17) is 9.97 Å². The van der Waals surface area contributed by atoms with Crippen LogP contribution in [0.1, 0.15) is 98.3 Å². The average Bonchev–Trinajstić information content (AvgIpc) is 3.91. The van der Waals surface area contributed by atoms with Gasteiger partial charge >= 0.3 is 0 Å². The van der Waals surface area contributed by atoms with E-state index in [-0.39, 0.29) is 56.2 Å². The van der Waals surface area contributed by atoms with Crippen LogP contribution < -0.4 is 10.6 Å². The molecule has 4 aliphatic carbocycles. The quantitative estimate of drug-likeness (QED) is 0.309. The van der Waals surface area contributed by atoms with Crippen molar-refractivity contribution in [1.82, 2.24) is 39.8 Å². The zero-order valence-corrected chi connectivity index (χ0v) is 23.6. The second-order valence-corrected chi connectivity index (χ2v) is 12.8. The van der Waals surface area contributed by atoms with Gasteiger partial charge in [-0.05, 0) is 62.3 Å². The van der Waals surface area contributed by atoms with E-state index in [1.54, 1.807) is 27.5 Å². The molecule has 0 saturated heterocycles. The number of halogens is 4. The number of carbonyl (C=O) groups excluding carboxylic acids is 2. The van der Waals surface area contributed by atoms with Crippen LogP contribution in [-0.2, 0) is 11.3 Å². The summed E-state index contributed by atoms with van der Waals surface area (Å²) in [6.07, 6.45) is 8.19. The van der Waals surface area contributed by atoms with Crippen molar-refractivity contribution in [2.24, 2.45) is 23.7 Å². The second kappa shape index (κ2) is 10.5. The molecule has 2 unspecified atom stereocenters. The molecule has 7 rings (SSSR count). The Morgan fingerprint density at radius 1 is 0.953 bits per heavy atom. The van der Waals surface area contributed by atoms with Crippen LogP contribution in [-0.4, -0.2) is 52.8 Å². The summed E-state index contributed by atoms with van der Waals surface area (Å²) < 4.78 is 58.1. The Morgan fingerprint density at radius 3 is 2.30 bits per heavy atom. The largest absolute Gasteiger partial charge is 0.347 e. The molecule has 3 aromatic heterocycles. The van der Waals surface area contributed by atoms with Crippen LogP contribution in [0.5, 0.6) is 0 Å². The molecule has 43 heavy (non-hydrogen) atoms. The summed E-state index contributed by atoms with van der Waals surface area (Å²) >= 11 is 0. The van der Waals surface area contributed by atoms with E-state index in [0.29, 0.717) is 29.6 Å². The van der Waals surface area contributed by atoms with Gasteiger partial charge < -0.3 is 10.6 Å². The number of amides is 2. The molecule has 3 atom stereocenters. The van der Waals surface area contributed by atoms with Gasteiger partial charge in [-0.1, -0.05) is 0 Å². The predicted octanol–water partition coefficient (Wildman–Crippen LogP) is 4.64. The Hall–Kier alpha value is -3.58. The zero-order chi connectivity index (χ0) is 29.9. The van der Waals surface area contributed by atoms with Crippen molar-refractivity contribution in [3.8, 4) is 0 Å². The Labute approximate surface area is 245 Å². The van der Waals surface area contributed by atoms with Crippen LogP contribution in [0.3, 0.4) is 0 Å². The van der Waals surface area contributed by atoms with Crippen molar-refractivity contribution in [2.45, 2.75) is 94.7 Å². The maximum atomic E-state index is 14.1. The van der Waals surface area contributed by atoms with Gasteiger partial charge in [-0.2, -0.15) is 5.10 Å². The number of nitrogens with zero attached hydrogens (tertiary/aromatic N) is 6. The molecule has 230 valence electrons. The van der Waals surface area contributed by atoms with Crippen LogP contribution in [0.4, 0.5) is 17.6 Å². The summed E-state index contributed by atoms with van der Waals surface area (Å²) in [5, 5.41) is 10.1. The van der Waals surface area contributed by atoms with Crippen molar-refractivity contribution >= 4 is 17.6 Å². The van der Waals surface area contributed by atoms with Gasteiger partial charge in [-0.25, -0.2) is 37.2 Å². The number of carbonyl (C=O) groups is 2. The van der Waals surface area contributed by atoms with Crippen LogP contribution >= 0.6 is 0 Å².